The number of ether oxygens (including phenoxy) is 1. The Kier molecular flexibility index (Phi) is 11.2. The third kappa shape index (κ3) is 10.5. The van der Waals surface area contributed by atoms with E-state index in [1.54, 1.807) is 0 Å². The molecule has 1 rings (SSSR count). The first-order chi connectivity index (χ1) is 14.0. The quantitative estimate of drug-likeness (QED) is 0.149. The Morgan fingerprint density at radius 2 is 1.69 bits per heavy atom. The van der Waals surface area contributed by atoms with E-state index in [1.165, 1.54) is 11.0 Å². The number of benzene rings is 1. The molecule has 0 heterocycles. The summed E-state index contributed by atoms with van der Waals surface area (Å²) in [6.07, 6.45) is 0.533. The van der Waals surface area contributed by atoms with E-state index in [0.29, 0.717) is 19.4 Å². The molecule has 1 atom stereocenters. The molecule has 0 fully saturated rings. The molecule has 12 nitrogen and oxygen atoms in total. The van der Waals surface area contributed by atoms with Gasteiger partial charge in [-0.3, -0.25) is 20.0 Å². The van der Waals surface area contributed by atoms with Crippen molar-refractivity contribution in [3.05, 3.63) is 35.9 Å². The van der Waals surface area contributed by atoms with Gasteiger partial charge in [0.2, 0.25) is 0 Å². The highest BCUT2D eigenvalue weighted by atomic mass is 16.5. The number of alkyl carbamates (subject to hydrolysis) is 1. The number of unbranched alkanes of at least 4 members (excludes halogenated alkanes) is 1. The van der Waals surface area contributed by atoms with E-state index in [-0.39, 0.29) is 13.0 Å². The standard InChI is InChI=1S/C17H25N5O7/c23-14(21-27)10-19-16(25)20-13(15(24)22-28)8-4-5-9-18-17(26)29-11-12-6-2-1-3-7-12/h1-3,6-7,13,27-28H,4-5,8-11H2,(H,18,26)(H,21,23)(H,22,24)(H2,19,20,25)/t13-/m0/s1. The Balaban J connectivity index is 2.24. The Bertz CT molecular complexity index is 671. The minimum Gasteiger partial charge on any atom is -0.445 e. The van der Waals surface area contributed by atoms with Gasteiger partial charge in [0.05, 0.1) is 0 Å². The van der Waals surface area contributed by atoms with Crippen molar-refractivity contribution in [2.24, 2.45) is 0 Å². The van der Waals surface area contributed by atoms with E-state index in [1.807, 2.05) is 30.3 Å². The first-order valence-corrected chi connectivity index (χ1v) is 8.82. The molecule has 12 heteroatoms. The van der Waals surface area contributed by atoms with Gasteiger partial charge in [0.1, 0.15) is 19.2 Å². The maximum Gasteiger partial charge on any atom is 0.407 e. The molecular weight excluding hydrogens is 386 g/mol. The normalized spacial score (nSPS) is 11.0. The first kappa shape index (κ1) is 23.7. The van der Waals surface area contributed by atoms with Gasteiger partial charge in [-0.1, -0.05) is 30.3 Å². The maximum atomic E-state index is 11.6. The van der Waals surface area contributed by atoms with Gasteiger partial charge in [-0.15, -0.1) is 0 Å². The fourth-order valence-electron chi connectivity index (χ4n) is 2.19. The second-order valence-electron chi connectivity index (χ2n) is 5.87. The van der Waals surface area contributed by atoms with Crippen molar-refractivity contribution in [1.29, 1.82) is 0 Å². The van der Waals surface area contributed by atoms with Crippen molar-refractivity contribution in [3.63, 3.8) is 0 Å². The molecule has 0 radical (unpaired) electrons. The minimum absolute atomic E-state index is 0.152. The van der Waals surface area contributed by atoms with Crippen molar-refractivity contribution in [2.45, 2.75) is 31.9 Å². The minimum atomic E-state index is -1.05. The summed E-state index contributed by atoms with van der Waals surface area (Å²) in [6.45, 7) is -0.0481. The predicted molar refractivity (Wildman–Crippen MR) is 98.7 cm³/mol. The summed E-state index contributed by atoms with van der Waals surface area (Å²) in [6, 6.07) is 7.32. The van der Waals surface area contributed by atoms with E-state index in [0.717, 1.165) is 5.56 Å². The molecule has 0 unspecified atom stereocenters. The summed E-state index contributed by atoms with van der Waals surface area (Å²) < 4.78 is 5.06. The lowest BCUT2D eigenvalue weighted by Gasteiger charge is -2.17. The second-order valence-corrected chi connectivity index (χ2v) is 5.87. The van der Waals surface area contributed by atoms with Gasteiger partial charge in [0.15, 0.2) is 0 Å². The van der Waals surface area contributed by atoms with Gasteiger partial charge in [-0.05, 0) is 24.8 Å². The predicted octanol–water partition coefficient (Wildman–Crippen LogP) is -0.238. The SMILES string of the molecule is O=C(CNC(=O)N[C@@H](CCCCNC(=O)OCc1ccccc1)C(=O)NO)NO. The van der Waals surface area contributed by atoms with Gasteiger partial charge in [-0.2, -0.15) is 0 Å². The highest BCUT2D eigenvalue weighted by molar-refractivity contribution is 5.88. The van der Waals surface area contributed by atoms with Crippen molar-refractivity contribution in [3.8, 4) is 0 Å². The molecule has 7 N–H and O–H groups in total. The van der Waals surface area contributed by atoms with Crippen LogP contribution in [0.15, 0.2) is 30.3 Å². The Morgan fingerprint density at radius 3 is 2.34 bits per heavy atom. The number of carbonyl (C=O) groups is 4. The number of hydrogen-bond acceptors (Lipinski definition) is 7. The molecule has 1 aromatic rings. The van der Waals surface area contributed by atoms with Crippen LogP contribution in [-0.4, -0.2) is 53.5 Å². The molecule has 160 valence electrons. The number of amides is 5. The van der Waals surface area contributed by atoms with Crippen LogP contribution in [0, 0.1) is 0 Å². The van der Waals surface area contributed by atoms with Crippen LogP contribution in [0.5, 0.6) is 0 Å². The average Bonchev–Trinajstić information content (AvgIpc) is 2.75. The largest absolute Gasteiger partial charge is 0.445 e. The summed E-state index contributed by atoms with van der Waals surface area (Å²) >= 11 is 0. The smallest absolute Gasteiger partial charge is 0.407 e. The molecule has 0 aliphatic carbocycles. The maximum absolute atomic E-state index is 11.6. The van der Waals surface area contributed by atoms with Gasteiger partial charge in [0.25, 0.3) is 11.8 Å². The van der Waals surface area contributed by atoms with Gasteiger partial charge in [-0.25, -0.2) is 20.5 Å². The highest BCUT2D eigenvalue weighted by Crippen LogP contribution is 2.02. The van der Waals surface area contributed by atoms with Crippen LogP contribution in [0.4, 0.5) is 9.59 Å². The lowest BCUT2D eigenvalue weighted by atomic mass is 10.1. The lowest BCUT2D eigenvalue weighted by molar-refractivity contribution is -0.131. The topological polar surface area (TPSA) is 178 Å². The summed E-state index contributed by atoms with van der Waals surface area (Å²) in [7, 11) is 0. The zero-order chi connectivity index (χ0) is 21.5. The second kappa shape index (κ2) is 13.7. The highest BCUT2D eigenvalue weighted by Gasteiger charge is 2.20. The molecule has 5 amide bonds. The van der Waals surface area contributed by atoms with Gasteiger partial charge in [0, 0.05) is 6.54 Å². The third-order valence-electron chi connectivity index (χ3n) is 3.67. The number of carbonyl (C=O) groups excluding carboxylic acids is 4. The van der Waals surface area contributed by atoms with E-state index < -0.39 is 36.5 Å². The summed E-state index contributed by atoms with van der Waals surface area (Å²) in [5, 5.41) is 24.1. The van der Waals surface area contributed by atoms with Gasteiger partial charge < -0.3 is 20.7 Å². The number of hydroxylamine groups is 2. The summed E-state index contributed by atoms with van der Waals surface area (Å²) in [5.74, 6) is -1.67. The molecule has 0 aliphatic rings. The molecule has 0 spiro atoms. The van der Waals surface area contributed by atoms with Crippen molar-refractivity contribution in [1.82, 2.24) is 26.9 Å². The molecule has 0 saturated heterocycles. The van der Waals surface area contributed by atoms with Crippen LogP contribution in [-0.2, 0) is 20.9 Å². The van der Waals surface area contributed by atoms with E-state index in [9.17, 15) is 19.2 Å². The zero-order valence-corrected chi connectivity index (χ0v) is 15.6. The fraction of sp³-hybridized carbons (Fsp3) is 0.412. The van der Waals surface area contributed by atoms with Crippen LogP contribution in [0.3, 0.4) is 0 Å². The van der Waals surface area contributed by atoms with Crippen LogP contribution in [0.2, 0.25) is 0 Å². The van der Waals surface area contributed by atoms with Crippen LogP contribution in [0.25, 0.3) is 0 Å². The van der Waals surface area contributed by atoms with E-state index in [4.69, 9.17) is 15.2 Å². The average molecular weight is 411 g/mol. The van der Waals surface area contributed by atoms with E-state index >= 15 is 0 Å². The first-order valence-electron chi connectivity index (χ1n) is 8.82. The molecule has 0 aliphatic heterocycles. The van der Waals surface area contributed by atoms with Crippen molar-refractivity contribution >= 4 is 23.9 Å². The Labute approximate surface area is 166 Å². The van der Waals surface area contributed by atoms with Crippen molar-refractivity contribution in [2.75, 3.05) is 13.1 Å². The summed E-state index contributed by atoms with van der Waals surface area (Å²) in [4.78, 5) is 45.7. The van der Waals surface area contributed by atoms with E-state index in [2.05, 4.69) is 16.0 Å². The van der Waals surface area contributed by atoms with Gasteiger partial charge >= 0.3 is 12.1 Å². The molecule has 0 saturated carbocycles. The number of urea groups is 1. The number of nitrogens with one attached hydrogen (secondary N) is 5. The molecular formula is C17H25N5O7. The number of hydrogen-bond donors (Lipinski definition) is 7. The zero-order valence-electron chi connectivity index (χ0n) is 15.6. The number of rotatable bonds is 11. The fourth-order valence-corrected chi connectivity index (χ4v) is 2.19. The molecule has 0 bridgehead atoms. The molecule has 1 aromatic carbocycles. The van der Waals surface area contributed by atoms with Crippen LogP contribution >= 0.6 is 0 Å². The monoisotopic (exact) mass is 411 g/mol. The Morgan fingerprint density at radius 1 is 0.966 bits per heavy atom. The Hall–Kier alpha value is -3.38. The third-order valence-corrected chi connectivity index (χ3v) is 3.67. The summed E-state index contributed by atoms with van der Waals surface area (Å²) in [5.41, 5.74) is 3.65. The van der Waals surface area contributed by atoms with Crippen LogP contribution in [0.1, 0.15) is 24.8 Å². The lowest BCUT2D eigenvalue weighted by Crippen LogP contribution is -2.50. The molecule has 0 aromatic heterocycles. The molecule has 29 heavy (non-hydrogen) atoms. The van der Waals surface area contributed by atoms with Crippen LogP contribution < -0.4 is 26.9 Å². The van der Waals surface area contributed by atoms with Crippen molar-refractivity contribution < 1.29 is 34.3 Å².